The van der Waals surface area contributed by atoms with Gasteiger partial charge in [0, 0.05) is 37.6 Å². The molecule has 5 rings (SSSR count). The van der Waals surface area contributed by atoms with Gasteiger partial charge in [-0.1, -0.05) is 49.1 Å². The second-order valence-electron chi connectivity index (χ2n) is 9.58. The summed E-state index contributed by atoms with van der Waals surface area (Å²) in [6.07, 6.45) is 12.1. The number of ether oxygens (including phenoxy) is 1. The summed E-state index contributed by atoms with van der Waals surface area (Å²) in [5.74, 6) is 0.541. The fraction of sp³-hybridized carbons (Fsp3) is 0.481. The number of aromatic nitrogens is 2. The number of nitrogens with zero attached hydrogens (tertiary/aromatic N) is 3. The number of rotatable bonds is 4. The minimum Gasteiger partial charge on any atom is -0.379 e. The van der Waals surface area contributed by atoms with Crippen LogP contribution in [0.2, 0.25) is 0 Å². The first kappa shape index (κ1) is 21.2. The Kier molecular flexibility index (Phi) is 6.01. The molecule has 2 fully saturated rings. The molecule has 0 bridgehead atoms. The molecule has 1 aromatic carbocycles. The third-order valence-corrected chi connectivity index (χ3v) is 7.36. The van der Waals surface area contributed by atoms with Crippen molar-refractivity contribution >= 4 is 11.4 Å². The van der Waals surface area contributed by atoms with Gasteiger partial charge in [0.05, 0.1) is 29.8 Å². The Hall–Kier alpha value is -2.66. The summed E-state index contributed by atoms with van der Waals surface area (Å²) in [6, 6.07) is 12.8. The molecule has 1 saturated heterocycles. The molecule has 2 aliphatic rings. The molecule has 0 N–H and O–H groups in total. The van der Waals surface area contributed by atoms with Gasteiger partial charge in [-0.15, -0.1) is 0 Å². The highest BCUT2D eigenvalue weighted by atomic mass is 16.5. The SMILES string of the molecule is Cc1ccc(C2(C(=O)N3CCOC[C@@H](Cc4nccn5cccc45)C3)CCCCC2)cc1. The van der Waals surface area contributed by atoms with E-state index in [1.807, 2.05) is 24.7 Å². The highest BCUT2D eigenvalue weighted by molar-refractivity contribution is 5.88. The Morgan fingerprint density at radius 1 is 1.12 bits per heavy atom. The number of benzene rings is 1. The highest BCUT2D eigenvalue weighted by Gasteiger charge is 2.44. The van der Waals surface area contributed by atoms with E-state index in [4.69, 9.17) is 4.74 Å². The molecular formula is C27H33N3O2. The van der Waals surface area contributed by atoms with Gasteiger partial charge in [0.15, 0.2) is 0 Å². The minimum absolute atomic E-state index is 0.244. The number of hydrogen-bond acceptors (Lipinski definition) is 3. The van der Waals surface area contributed by atoms with Gasteiger partial charge >= 0.3 is 0 Å². The first-order valence-corrected chi connectivity index (χ1v) is 12.0. The lowest BCUT2D eigenvalue weighted by molar-refractivity contribution is -0.139. The average molecular weight is 432 g/mol. The molecule has 0 radical (unpaired) electrons. The first-order chi connectivity index (χ1) is 15.7. The van der Waals surface area contributed by atoms with Crippen molar-refractivity contribution in [2.75, 3.05) is 26.3 Å². The molecule has 0 spiro atoms. The van der Waals surface area contributed by atoms with Crippen LogP contribution < -0.4 is 0 Å². The zero-order valence-electron chi connectivity index (χ0n) is 19.0. The Balaban J connectivity index is 1.40. The largest absolute Gasteiger partial charge is 0.379 e. The van der Waals surface area contributed by atoms with E-state index in [-0.39, 0.29) is 11.3 Å². The van der Waals surface area contributed by atoms with Crippen molar-refractivity contribution in [3.05, 3.63) is 71.8 Å². The summed E-state index contributed by atoms with van der Waals surface area (Å²) >= 11 is 0. The van der Waals surface area contributed by atoms with Gasteiger partial charge in [-0.25, -0.2) is 0 Å². The molecule has 3 heterocycles. The van der Waals surface area contributed by atoms with Crippen LogP contribution in [0.4, 0.5) is 0 Å². The second-order valence-corrected chi connectivity index (χ2v) is 9.58. The van der Waals surface area contributed by atoms with Crippen LogP contribution in [0.5, 0.6) is 0 Å². The molecule has 1 atom stereocenters. The summed E-state index contributed by atoms with van der Waals surface area (Å²) in [4.78, 5) is 20.9. The molecular weight excluding hydrogens is 398 g/mol. The predicted molar refractivity (Wildman–Crippen MR) is 126 cm³/mol. The van der Waals surface area contributed by atoms with Crippen molar-refractivity contribution in [1.82, 2.24) is 14.3 Å². The first-order valence-electron chi connectivity index (χ1n) is 12.0. The Morgan fingerprint density at radius 3 is 2.75 bits per heavy atom. The monoisotopic (exact) mass is 431 g/mol. The average Bonchev–Trinajstić information content (AvgIpc) is 3.19. The maximum Gasteiger partial charge on any atom is 0.233 e. The molecule has 1 aliphatic heterocycles. The molecule has 5 heteroatoms. The van der Waals surface area contributed by atoms with E-state index >= 15 is 0 Å². The number of hydrogen-bond donors (Lipinski definition) is 0. The van der Waals surface area contributed by atoms with Gasteiger partial charge in [-0.05, 0) is 43.9 Å². The lowest BCUT2D eigenvalue weighted by Crippen LogP contribution is -2.50. The molecule has 1 saturated carbocycles. The van der Waals surface area contributed by atoms with Crippen LogP contribution in [0, 0.1) is 12.8 Å². The van der Waals surface area contributed by atoms with Crippen molar-refractivity contribution < 1.29 is 9.53 Å². The maximum atomic E-state index is 14.1. The Labute approximate surface area is 190 Å². The van der Waals surface area contributed by atoms with Crippen molar-refractivity contribution in [3.63, 3.8) is 0 Å². The molecule has 5 nitrogen and oxygen atoms in total. The van der Waals surface area contributed by atoms with E-state index in [0.717, 1.165) is 49.9 Å². The zero-order valence-corrected chi connectivity index (χ0v) is 19.0. The molecule has 2 aromatic heterocycles. The summed E-state index contributed by atoms with van der Waals surface area (Å²) in [6.45, 7) is 4.79. The van der Waals surface area contributed by atoms with E-state index in [1.54, 1.807) is 0 Å². The normalized spacial score (nSPS) is 21.4. The summed E-state index contributed by atoms with van der Waals surface area (Å²) in [5, 5.41) is 0. The predicted octanol–water partition coefficient (Wildman–Crippen LogP) is 4.56. The van der Waals surface area contributed by atoms with Gasteiger partial charge in [0.25, 0.3) is 0 Å². The maximum absolute atomic E-state index is 14.1. The van der Waals surface area contributed by atoms with Crippen molar-refractivity contribution in [2.24, 2.45) is 5.92 Å². The van der Waals surface area contributed by atoms with Crippen molar-refractivity contribution in [2.45, 2.75) is 50.9 Å². The van der Waals surface area contributed by atoms with Crippen molar-refractivity contribution in [1.29, 1.82) is 0 Å². The Morgan fingerprint density at radius 2 is 1.94 bits per heavy atom. The van der Waals surface area contributed by atoms with E-state index in [0.29, 0.717) is 25.7 Å². The van der Waals surface area contributed by atoms with E-state index in [2.05, 4.69) is 51.5 Å². The minimum atomic E-state index is -0.388. The van der Waals surface area contributed by atoms with Crippen LogP contribution in [0.3, 0.4) is 0 Å². The molecule has 0 unspecified atom stereocenters. The standard InChI is InChI=1S/C27H33N3O2/c1-21-7-9-23(10-8-21)27(11-3-2-4-12-27)26(31)30-16-17-32-20-22(19-30)18-24-25-6-5-14-29(25)15-13-28-24/h5-10,13-15,22H,2-4,11-12,16-20H2,1H3/t22-/m0/s1. The van der Waals surface area contributed by atoms with E-state index < -0.39 is 0 Å². The van der Waals surface area contributed by atoms with E-state index in [9.17, 15) is 4.79 Å². The Bertz CT molecular complexity index is 1070. The molecule has 32 heavy (non-hydrogen) atoms. The number of carbonyl (C=O) groups is 1. The topological polar surface area (TPSA) is 46.8 Å². The van der Waals surface area contributed by atoms with Gasteiger partial charge in [0.2, 0.25) is 5.91 Å². The lowest BCUT2D eigenvalue weighted by Gasteiger charge is -2.40. The summed E-state index contributed by atoms with van der Waals surface area (Å²) in [5.41, 5.74) is 4.25. The van der Waals surface area contributed by atoms with Crippen LogP contribution in [0.25, 0.3) is 5.52 Å². The van der Waals surface area contributed by atoms with Crippen LogP contribution >= 0.6 is 0 Å². The van der Waals surface area contributed by atoms with Gasteiger partial charge in [-0.2, -0.15) is 0 Å². The third kappa shape index (κ3) is 4.06. The molecule has 168 valence electrons. The summed E-state index contributed by atoms with van der Waals surface area (Å²) in [7, 11) is 0. The fourth-order valence-corrected chi connectivity index (χ4v) is 5.61. The van der Waals surface area contributed by atoms with Crippen molar-refractivity contribution in [3.8, 4) is 0 Å². The highest BCUT2D eigenvalue weighted by Crippen LogP contribution is 2.41. The van der Waals surface area contributed by atoms with Gasteiger partial charge < -0.3 is 14.0 Å². The third-order valence-electron chi connectivity index (χ3n) is 7.36. The molecule has 1 amide bonds. The summed E-state index contributed by atoms with van der Waals surface area (Å²) < 4.78 is 8.07. The van der Waals surface area contributed by atoms with Crippen LogP contribution in [-0.4, -0.2) is 46.5 Å². The number of aryl methyl sites for hydroxylation is 1. The van der Waals surface area contributed by atoms with E-state index in [1.165, 1.54) is 17.5 Å². The van der Waals surface area contributed by atoms with Crippen LogP contribution in [-0.2, 0) is 21.4 Å². The number of carbonyl (C=O) groups excluding carboxylic acids is 1. The quantitative estimate of drug-likeness (QED) is 0.608. The van der Waals surface area contributed by atoms with Crippen LogP contribution in [0.1, 0.15) is 48.9 Å². The molecule has 1 aliphatic carbocycles. The lowest BCUT2D eigenvalue weighted by atomic mass is 9.68. The number of amides is 1. The number of fused-ring (bicyclic) bond motifs is 1. The molecule has 3 aromatic rings. The smallest absolute Gasteiger partial charge is 0.233 e. The van der Waals surface area contributed by atoms with Gasteiger partial charge in [0.1, 0.15) is 0 Å². The van der Waals surface area contributed by atoms with Crippen LogP contribution in [0.15, 0.2) is 55.0 Å². The van der Waals surface area contributed by atoms with Gasteiger partial charge in [-0.3, -0.25) is 9.78 Å². The zero-order chi connectivity index (χ0) is 22.0. The second kappa shape index (κ2) is 9.07. The fourth-order valence-electron chi connectivity index (χ4n) is 5.61.